The predicted octanol–water partition coefficient (Wildman–Crippen LogP) is 3.35. The molecule has 128 valence electrons. The zero-order valence-electron chi connectivity index (χ0n) is 12.9. The standard InChI is InChI=1S/C16H20F3NO3/c1-11-4-5-13(9-14(11)15(21)22)23-8-7-20-6-2-3-12(10-20)16(17,18)19/h4-5,9,12H,2-3,6-8,10H2,1H3,(H,21,22). The minimum Gasteiger partial charge on any atom is -0.492 e. The fourth-order valence-corrected chi connectivity index (χ4v) is 2.74. The third-order valence-electron chi connectivity index (χ3n) is 4.08. The molecule has 0 aliphatic carbocycles. The van der Waals surface area contributed by atoms with E-state index in [0.717, 1.165) is 0 Å². The van der Waals surface area contributed by atoms with Crippen molar-refractivity contribution in [2.24, 2.45) is 5.92 Å². The first-order valence-corrected chi connectivity index (χ1v) is 7.53. The average Bonchev–Trinajstić information content (AvgIpc) is 2.48. The van der Waals surface area contributed by atoms with Gasteiger partial charge in [0.15, 0.2) is 0 Å². The van der Waals surface area contributed by atoms with E-state index in [1.165, 1.54) is 6.07 Å². The lowest BCUT2D eigenvalue weighted by molar-refractivity contribution is -0.186. The molecule has 1 aliphatic heterocycles. The molecule has 0 spiro atoms. The molecule has 1 unspecified atom stereocenters. The van der Waals surface area contributed by atoms with Crippen molar-refractivity contribution in [1.29, 1.82) is 0 Å². The van der Waals surface area contributed by atoms with Gasteiger partial charge in [-0.3, -0.25) is 4.90 Å². The quantitative estimate of drug-likeness (QED) is 0.899. The van der Waals surface area contributed by atoms with Crippen LogP contribution < -0.4 is 4.74 Å². The number of benzene rings is 1. The lowest BCUT2D eigenvalue weighted by atomic mass is 9.98. The van der Waals surface area contributed by atoms with Crippen molar-refractivity contribution in [3.05, 3.63) is 29.3 Å². The van der Waals surface area contributed by atoms with E-state index >= 15 is 0 Å². The van der Waals surface area contributed by atoms with Crippen LogP contribution in [0, 0.1) is 12.8 Å². The van der Waals surface area contributed by atoms with Crippen LogP contribution in [0.25, 0.3) is 0 Å². The van der Waals surface area contributed by atoms with Gasteiger partial charge in [-0.2, -0.15) is 13.2 Å². The summed E-state index contributed by atoms with van der Waals surface area (Å²) in [4.78, 5) is 12.8. The Bertz CT molecular complexity index is 560. The summed E-state index contributed by atoms with van der Waals surface area (Å²) in [6, 6.07) is 4.75. The second-order valence-electron chi connectivity index (χ2n) is 5.81. The minimum atomic E-state index is -4.15. The van der Waals surface area contributed by atoms with Gasteiger partial charge in [0.05, 0.1) is 11.5 Å². The van der Waals surface area contributed by atoms with Gasteiger partial charge in [-0.1, -0.05) is 6.07 Å². The van der Waals surface area contributed by atoms with Gasteiger partial charge < -0.3 is 9.84 Å². The Morgan fingerprint density at radius 2 is 2.17 bits per heavy atom. The first-order chi connectivity index (χ1) is 10.8. The van der Waals surface area contributed by atoms with E-state index in [1.54, 1.807) is 24.0 Å². The second kappa shape index (κ2) is 7.21. The normalized spacial score (nSPS) is 19.6. The van der Waals surface area contributed by atoms with Gasteiger partial charge in [0.25, 0.3) is 0 Å². The molecule has 0 radical (unpaired) electrons. The zero-order chi connectivity index (χ0) is 17.0. The van der Waals surface area contributed by atoms with Gasteiger partial charge in [0.2, 0.25) is 0 Å². The number of hydrogen-bond donors (Lipinski definition) is 1. The fraction of sp³-hybridized carbons (Fsp3) is 0.562. The average molecular weight is 331 g/mol. The molecule has 0 aromatic heterocycles. The molecule has 23 heavy (non-hydrogen) atoms. The number of carboxylic acid groups (broad SMARTS) is 1. The van der Waals surface area contributed by atoms with Crippen LogP contribution in [-0.4, -0.2) is 48.4 Å². The van der Waals surface area contributed by atoms with Crippen molar-refractivity contribution < 1.29 is 27.8 Å². The number of piperidine rings is 1. The monoisotopic (exact) mass is 331 g/mol. The predicted molar refractivity (Wildman–Crippen MR) is 78.9 cm³/mol. The number of carboxylic acids is 1. The summed E-state index contributed by atoms with van der Waals surface area (Å²) in [7, 11) is 0. The summed E-state index contributed by atoms with van der Waals surface area (Å²) in [5, 5.41) is 9.05. The van der Waals surface area contributed by atoms with Crippen molar-refractivity contribution in [2.45, 2.75) is 25.9 Å². The highest BCUT2D eigenvalue weighted by Crippen LogP contribution is 2.32. The van der Waals surface area contributed by atoms with Gasteiger partial charge in [-0.15, -0.1) is 0 Å². The van der Waals surface area contributed by atoms with Crippen LogP contribution in [0.5, 0.6) is 5.75 Å². The molecule has 1 aromatic carbocycles. The Balaban J connectivity index is 1.85. The molecule has 1 aromatic rings. The molecular weight excluding hydrogens is 311 g/mol. The maximum absolute atomic E-state index is 12.7. The highest BCUT2D eigenvalue weighted by atomic mass is 19.4. The molecule has 1 saturated heterocycles. The number of hydrogen-bond acceptors (Lipinski definition) is 3. The van der Waals surface area contributed by atoms with Crippen LogP contribution in [0.15, 0.2) is 18.2 Å². The van der Waals surface area contributed by atoms with Gasteiger partial charge >= 0.3 is 12.1 Å². The second-order valence-corrected chi connectivity index (χ2v) is 5.81. The number of likely N-dealkylation sites (tertiary alicyclic amines) is 1. The van der Waals surface area contributed by atoms with E-state index in [-0.39, 0.29) is 25.1 Å². The maximum Gasteiger partial charge on any atom is 0.393 e. The molecule has 0 amide bonds. The molecule has 0 bridgehead atoms. The Labute approximate surface area is 132 Å². The van der Waals surface area contributed by atoms with E-state index in [4.69, 9.17) is 9.84 Å². The minimum absolute atomic E-state index is 0.00112. The van der Waals surface area contributed by atoms with Crippen molar-refractivity contribution in [2.75, 3.05) is 26.2 Å². The summed E-state index contributed by atoms with van der Waals surface area (Å²) in [6.07, 6.45) is -3.44. The van der Waals surface area contributed by atoms with Gasteiger partial charge in [-0.25, -0.2) is 4.79 Å². The van der Waals surface area contributed by atoms with Crippen LogP contribution in [0.3, 0.4) is 0 Å². The van der Waals surface area contributed by atoms with E-state index in [2.05, 4.69) is 0 Å². The summed E-state index contributed by atoms with van der Waals surface area (Å²) >= 11 is 0. The maximum atomic E-state index is 12.7. The summed E-state index contributed by atoms with van der Waals surface area (Å²) in [6.45, 7) is 2.94. The molecule has 1 N–H and O–H groups in total. The molecule has 4 nitrogen and oxygen atoms in total. The highest BCUT2D eigenvalue weighted by molar-refractivity contribution is 5.89. The Kier molecular flexibility index (Phi) is 5.51. The molecule has 0 saturated carbocycles. The molecule has 1 aliphatic rings. The summed E-state index contributed by atoms with van der Waals surface area (Å²) < 4.78 is 43.7. The number of alkyl halides is 3. The zero-order valence-corrected chi connectivity index (χ0v) is 12.9. The Hall–Kier alpha value is -1.76. The molecule has 2 rings (SSSR count). The molecule has 1 atom stereocenters. The number of aryl methyl sites for hydroxylation is 1. The Morgan fingerprint density at radius 1 is 1.43 bits per heavy atom. The third-order valence-corrected chi connectivity index (χ3v) is 4.08. The van der Waals surface area contributed by atoms with Crippen molar-refractivity contribution >= 4 is 5.97 Å². The van der Waals surface area contributed by atoms with E-state index in [0.29, 0.717) is 30.8 Å². The Morgan fingerprint density at radius 3 is 2.83 bits per heavy atom. The smallest absolute Gasteiger partial charge is 0.393 e. The molecule has 1 heterocycles. The first kappa shape index (κ1) is 17.6. The van der Waals surface area contributed by atoms with Crippen LogP contribution in [0.1, 0.15) is 28.8 Å². The molecular formula is C16H20F3NO3. The number of nitrogens with zero attached hydrogens (tertiary/aromatic N) is 1. The van der Waals surface area contributed by atoms with Crippen LogP contribution in [-0.2, 0) is 0 Å². The van der Waals surface area contributed by atoms with Crippen LogP contribution in [0.2, 0.25) is 0 Å². The summed E-state index contributed by atoms with van der Waals surface area (Å²) in [5.41, 5.74) is 0.798. The van der Waals surface area contributed by atoms with Crippen LogP contribution >= 0.6 is 0 Å². The number of rotatable bonds is 5. The lowest BCUT2D eigenvalue weighted by Crippen LogP contribution is -2.43. The SMILES string of the molecule is Cc1ccc(OCCN2CCCC(C(F)(F)F)C2)cc1C(=O)O. The molecule has 1 fully saturated rings. The largest absolute Gasteiger partial charge is 0.492 e. The highest BCUT2D eigenvalue weighted by Gasteiger charge is 2.41. The van der Waals surface area contributed by atoms with Gasteiger partial charge in [-0.05, 0) is 44.0 Å². The number of ether oxygens (including phenoxy) is 1. The van der Waals surface area contributed by atoms with Crippen molar-refractivity contribution in [3.8, 4) is 5.75 Å². The number of carbonyl (C=O) groups is 1. The van der Waals surface area contributed by atoms with Crippen molar-refractivity contribution in [3.63, 3.8) is 0 Å². The van der Waals surface area contributed by atoms with E-state index < -0.39 is 18.1 Å². The van der Waals surface area contributed by atoms with Gasteiger partial charge in [0, 0.05) is 13.1 Å². The fourth-order valence-electron chi connectivity index (χ4n) is 2.74. The van der Waals surface area contributed by atoms with E-state index in [9.17, 15) is 18.0 Å². The molecule has 7 heteroatoms. The van der Waals surface area contributed by atoms with Crippen molar-refractivity contribution in [1.82, 2.24) is 4.90 Å². The number of aromatic carboxylic acids is 1. The number of halogens is 3. The summed E-state index contributed by atoms with van der Waals surface area (Å²) in [5.74, 6) is -1.89. The third kappa shape index (κ3) is 4.86. The van der Waals surface area contributed by atoms with Gasteiger partial charge in [0.1, 0.15) is 12.4 Å². The first-order valence-electron chi connectivity index (χ1n) is 7.53. The van der Waals surface area contributed by atoms with Crippen LogP contribution in [0.4, 0.5) is 13.2 Å². The van der Waals surface area contributed by atoms with E-state index in [1.807, 2.05) is 0 Å². The lowest BCUT2D eigenvalue weighted by Gasteiger charge is -2.33. The topological polar surface area (TPSA) is 49.8 Å².